The Balaban J connectivity index is 1.87. The lowest BCUT2D eigenvalue weighted by atomic mass is 10.0. The average Bonchev–Trinajstić information content (AvgIpc) is 2.75. The molecule has 0 fully saturated rings. The molecule has 0 spiro atoms. The molecule has 0 aliphatic carbocycles. The SMILES string of the molecule is CCOc1ccc(C(=O)NC(C(=O)NCCOc2ccccc2OC)C(C)C)cc1. The summed E-state index contributed by atoms with van der Waals surface area (Å²) in [6, 6.07) is 13.5. The van der Waals surface area contributed by atoms with E-state index in [1.807, 2.05) is 32.9 Å². The lowest BCUT2D eigenvalue weighted by Crippen LogP contribution is -2.50. The first-order chi connectivity index (χ1) is 14.5. The summed E-state index contributed by atoms with van der Waals surface area (Å²) in [7, 11) is 1.57. The van der Waals surface area contributed by atoms with Crippen molar-refractivity contribution in [1.29, 1.82) is 0 Å². The van der Waals surface area contributed by atoms with E-state index >= 15 is 0 Å². The molecule has 1 unspecified atom stereocenters. The molecule has 0 aliphatic rings. The first kappa shape index (κ1) is 23.1. The summed E-state index contributed by atoms with van der Waals surface area (Å²) in [5.41, 5.74) is 0.469. The number of para-hydroxylation sites is 2. The quantitative estimate of drug-likeness (QED) is 0.552. The van der Waals surface area contributed by atoms with Gasteiger partial charge in [0.1, 0.15) is 18.4 Å². The predicted molar refractivity (Wildman–Crippen MR) is 115 cm³/mol. The monoisotopic (exact) mass is 414 g/mol. The molecular formula is C23H30N2O5. The van der Waals surface area contributed by atoms with Gasteiger partial charge in [0.15, 0.2) is 11.5 Å². The van der Waals surface area contributed by atoms with Gasteiger partial charge in [-0.2, -0.15) is 0 Å². The molecule has 7 heteroatoms. The van der Waals surface area contributed by atoms with Crippen LogP contribution in [0.3, 0.4) is 0 Å². The van der Waals surface area contributed by atoms with Gasteiger partial charge in [-0.3, -0.25) is 9.59 Å². The van der Waals surface area contributed by atoms with E-state index in [9.17, 15) is 9.59 Å². The van der Waals surface area contributed by atoms with Crippen LogP contribution in [0.15, 0.2) is 48.5 Å². The van der Waals surface area contributed by atoms with Crippen molar-refractivity contribution in [1.82, 2.24) is 10.6 Å². The second kappa shape index (κ2) is 11.7. The van der Waals surface area contributed by atoms with E-state index in [0.717, 1.165) is 0 Å². The van der Waals surface area contributed by atoms with Crippen molar-refractivity contribution in [3.05, 3.63) is 54.1 Å². The highest BCUT2D eigenvalue weighted by atomic mass is 16.5. The molecular weight excluding hydrogens is 384 g/mol. The van der Waals surface area contributed by atoms with Gasteiger partial charge in [-0.1, -0.05) is 26.0 Å². The molecule has 0 radical (unpaired) electrons. The number of benzene rings is 2. The number of methoxy groups -OCH3 is 1. The van der Waals surface area contributed by atoms with Crippen LogP contribution >= 0.6 is 0 Å². The van der Waals surface area contributed by atoms with Crippen molar-refractivity contribution < 1.29 is 23.8 Å². The van der Waals surface area contributed by atoms with E-state index in [2.05, 4.69) is 10.6 Å². The van der Waals surface area contributed by atoms with Crippen molar-refractivity contribution >= 4 is 11.8 Å². The third-order valence-corrected chi connectivity index (χ3v) is 4.39. The highest BCUT2D eigenvalue weighted by Crippen LogP contribution is 2.25. The highest BCUT2D eigenvalue weighted by molar-refractivity contribution is 5.97. The van der Waals surface area contributed by atoms with Crippen LogP contribution in [0.5, 0.6) is 17.2 Å². The molecule has 2 N–H and O–H groups in total. The summed E-state index contributed by atoms with van der Waals surface area (Å²) in [6.45, 7) is 6.81. The Morgan fingerprint density at radius 3 is 2.23 bits per heavy atom. The number of hydrogen-bond donors (Lipinski definition) is 2. The molecule has 0 heterocycles. The molecule has 0 saturated heterocycles. The highest BCUT2D eigenvalue weighted by Gasteiger charge is 2.24. The summed E-state index contributed by atoms with van der Waals surface area (Å²) >= 11 is 0. The molecule has 0 aliphatic heterocycles. The fraction of sp³-hybridized carbons (Fsp3) is 0.391. The molecule has 0 saturated carbocycles. The first-order valence-electron chi connectivity index (χ1n) is 10.0. The molecule has 2 aromatic carbocycles. The van der Waals surface area contributed by atoms with Crippen molar-refractivity contribution in [3.8, 4) is 17.2 Å². The maximum Gasteiger partial charge on any atom is 0.251 e. The van der Waals surface area contributed by atoms with Crippen LogP contribution in [0.1, 0.15) is 31.1 Å². The largest absolute Gasteiger partial charge is 0.494 e. The van der Waals surface area contributed by atoms with Gasteiger partial charge >= 0.3 is 0 Å². The second-order valence-corrected chi connectivity index (χ2v) is 6.94. The Labute approximate surface area is 177 Å². The Bertz CT molecular complexity index is 821. The normalized spacial score (nSPS) is 11.5. The van der Waals surface area contributed by atoms with E-state index in [1.165, 1.54) is 0 Å². The molecule has 162 valence electrons. The Hall–Kier alpha value is -3.22. The summed E-state index contributed by atoms with van der Waals surface area (Å²) < 4.78 is 16.3. The van der Waals surface area contributed by atoms with Gasteiger partial charge in [0.25, 0.3) is 5.91 Å². The maximum absolute atomic E-state index is 12.6. The third kappa shape index (κ3) is 6.69. The van der Waals surface area contributed by atoms with Gasteiger partial charge in [-0.05, 0) is 49.2 Å². The molecule has 0 aromatic heterocycles. The Morgan fingerprint density at radius 2 is 1.63 bits per heavy atom. The van der Waals surface area contributed by atoms with E-state index in [-0.39, 0.29) is 24.3 Å². The van der Waals surface area contributed by atoms with Crippen LogP contribution in [-0.4, -0.2) is 44.7 Å². The van der Waals surface area contributed by atoms with Gasteiger partial charge in [0, 0.05) is 5.56 Å². The van der Waals surface area contributed by atoms with Crippen LogP contribution in [0, 0.1) is 5.92 Å². The predicted octanol–water partition coefficient (Wildman–Crippen LogP) is 3.04. The average molecular weight is 415 g/mol. The third-order valence-electron chi connectivity index (χ3n) is 4.39. The number of amides is 2. The van der Waals surface area contributed by atoms with Gasteiger partial charge in [0.2, 0.25) is 5.91 Å². The van der Waals surface area contributed by atoms with Crippen LogP contribution < -0.4 is 24.8 Å². The first-order valence-corrected chi connectivity index (χ1v) is 10.0. The fourth-order valence-electron chi connectivity index (χ4n) is 2.81. The van der Waals surface area contributed by atoms with Crippen LogP contribution in [0.25, 0.3) is 0 Å². The lowest BCUT2D eigenvalue weighted by Gasteiger charge is -2.22. The van der Waals surface area contributed by atoms with Crippen LogP contribution in [-0.2, 0) is 4.79 Å². The maximum atomic E-state index is 12.6. The van der Waals surface area contributed by atoms with E-state index < -0.39 is 6.04 Å². The molecule has 0 bridgehead atoms. The molecule has 2 aromatic rings. The zero-order chi connectivity index (χ0) is 21.9. The van der Waals surface area contributed by atoms with E-state index in [0.29, 0.717) is 36.0 Å². The Morgan fingerprint density at radius 1 is 0.967 bits per heavy atom. The molecule has 1 atom stereocenters. The van der Waals surface area contributed by atoms with Crippen molar-refractivity contribution in [3.63, 3.8) is 0 Å². The molecule has 2 rings (SSSR count). The van der Waals surface area contributed by atoms with Gasteiger partial charge in [-0.15, -0.1) is 0 Å². The summed E-state index contributed by atoms with van der Waals surface area (Å²) in [6.07, 6.45) is 0. The van der Waals surface area contributed by atoms with Crippen LogP contribution in [0.4, 0.5) is 0 Å². The van der Waals surface area contributed by atoms with E-state index in [4.69, 9.17) is 14.2 Å². The topological polar surface area (TPSA) is 85.9 Å². The number of ether oxygens (including phenoxy) is 3. The van der Waals surface area contributed by atoms with Gasteiger partial charge in [0.05, 0.1) is 20.3 Å². The lowest BCUT2D eigenvalue weighted by molar-refractivity contribution is -0.124. The molecule has 7 nitrogen and oxygen atoms in total. The molecule has 2 amide bonds. The summed E-state index contributed by atoms with van der Waals surface area (Å²) in [5.74, 6) is 1.30. The second-order valence-electron chi connectivity index (χ2n) is 6.94. The number of carbonyl (C=O) groups excluding carboxylic acids is 2. The zero-order valence-electron chi connectivity index (χ0n) is 17.9. The summed E-state index contributed by atoms with van der Waals surface area (Å²) in [4.78, 5) is 25.1. The summed E-state index contributed by atoms with van der Waals surface area (Å²) in [5, 5.41) is 5.62. The smallest absolute Gasteiger partial charge is 0.251 e. The number of carbonyl (C=O) groups is 2. The van der Waals surface area contributed by atoms with Crippen molar-refractivity contribution in [2.45, 2.75) is 26.8 Å². The zero-order valence-corrected chi connectivity index (χ0v) is 17.9. The van der Waals surface area contributed by atoms with Crippen molar-refractivity contribution in [2.75, 3.05) is 26.9 Å². The minimum atomic E-state index is -0.657. The minimum Gasteiger partial charge on any atom is -0.494 e. The Kier molecular flexibility index (Phi) is 9.00. The van der Waals surface area contributed by atoms with Gasteiger partial charge < -0.3 is 24.8 Å². The number of hydrogen-bond acceptors (Lipinski definition) is 5. The van der Waals surface area contributed by atoms with Gasteiger partial charge in [-0.25, -0.2) is 0 Å². The number of nitrogens with one attached hydrogen (secondary N) is 2. The molecule has 30 heavy (non-hydrogen) atoms. The minimum absolute atomic E-state index is 0.0771. The number of rotatable bonds is 11. The van der Waals surface area contributed by atoms with Crippen molar-refractivity contribution in [2.24, 2.45) is 5.92 Å². The van der Waals surface area contributed by atoms with E-state index in [1.54, 1.807) is 43.5 Å². The van der Waals surface area contributed by atoms with Crippen LogP contribution in [0.2, 0.25) is 0 Å². The fourth-order valence-corrected chi connectivity index (χ4v) is 2.81. The standard InChI is InChI=1S/C23H30N2O5/c1-5-29-18-12-10-17(11-13-18)22(26)25-21(16(2)3)23(27)24-14-15-30-20-9-7-6-8-19(20)28-4/h6-13,16,21H,5,14-15H2,1-4H3,(H,24,27)(H,25,26).